The van der Waals surface area contributed by atoms with Gasteiger partial charge in [0, 0.05) is 6.54 Å². The van der Waals surface area contributed by atoms with E-state index in [9.17, 15) is 8.78 Å². The molecule has 0 aromatic heterocycles. The van der Waals surface area contributed by atoms with E-state index in [4.69, 9.17) is 5.73 Å². The van der Waals surface area contributed by atoms with Gasteiger partial charge in [0.05, 0.1) is 0 Å². The molecule has 0 bridgehead atoms. The highest BCUT2D eigenvalue weighted by Gasteiger charge is 2.35. The molecule has 0 radical (unpaired) electrons. The highest BCUT2D eigenvalue weighted by Crippen LogP contribution is 2.37. The molecular formula is C11H13F2N. The van der Waals surface area contributed by atoms with Crippen LogP contribution in [0.4, 0.5) is 8.78 Å². The number of hydrogen-bond donors (Lipinski definition) is 1. The Hall–Kier alpha value is -0.960. The molecule has 1 aliphatic rings. The van der Waals surface area contributed by atoms with Gasteiger partial charge in [-0.05, 0) is 42.5 Å². The van der Waals surface area contributed by atoms with E-state index in [-0.39, 0.29) is 12.4 Å². The van der Waals surface area contributed by atoms with Crippen LogP contribution >= 0.6 is 0 Å². The molecule has 1 aliphatic carbocycles. The van der Waals surface area contributed by atoms with E-state index in [1.54, 1.807) is 0 Å². The second-order valence-corrected chi connectivity index (χ2v) is 3.82. The SMILES string of the molecule is NCC1(F)CCCc2cc(F)ccc21. The third kappa shape index (κ3) is 1.42. The van der Waals surface area contributed by atoms with Gasteiger partial charge in [0.25, 0.3) is 0 Å². The lowest BCUT2D eigenvalue weighted by Gasteiger charge is -2.30. The minimum Gasteiger partial charge on any atom is -0.327 e. The number of rotatable bonds is 1. The Kier molecular flexibility index (Phi) is 2.27. The number of halogens is 2. The van der Waals surface area contributed by atoms with Crippen LogP contribution in [-0.2, 0) is 12.1 Å². The van der Waals surface area contributed by atoms with Crippen LogP contribution in [0.3, 0.4) is 0 Å². The summed E-state index contributed by atoms with van der Waals surface area (Å²) in [5, 5.41) is 0. The van der Waals surface area contributed by atoms with Gasteiger partial charge in [-0.25, -0.2) is 8.78 Å². The van der Waals surface area contributed by atoms with Crippen molar-refractivity contribution in [3.8, 4) is 0 Å². The molecule has 0 amide bonds. The van der Waals surface area contributed by atoms with Crippen molar-refractivity contribution < 1.29 is 8.78 Å². The smallest absolute Gasteiger partial charge is 0.148 e. The first-order valence-electron chi connectivity index (χ1n) is 4.83. The van der Waals surface area contributed by atoms with Gasteiger partial charge < -0.3 is 5.73 Å². The molecular weight excluding hydrogens is 184 g/mol. The van der Waals surface area contributed by atoms with E-state index in [1.165, 1.54) is 18.2 Å². The molecule has 2 rings (SSSR count). The molecule has 1 unspecified atom stereocenters. The van der Waals surface area contributed by atoms with Crippen molar-refractivity contribution in [2.75, 3.05) is 6.54 Å². The van der Waals surface area contributed by atoms with Crippen LogP contribution in [0.25, 0.3) is 0 Å². The zero-order valence-electron chi connectivity index (χ0n) is 7.89. The molecule has 0 saturated carbocycles. The van der Waals surface area contributed by atoms with Gasteiger partial charge in [-0.2, -0.15) is 0 Å². The fourth-order valence-corrected chi connectivity index (χ4v) is 2.11. The maximum absolute atomic E-state index is 14.2. The lowest BCUT2D eigenvalue weighted by molar-refractivity contribution is 0.146. The van der Waals surface area contributed by atoms with Crippen molar-refractivity contribution in [1.29, 1.82) is 0 Å². The molecule has 0 spiro atoms. The Morgan fingerprint density at radius 1 is 1.43 bits per heavy atom. The summed E-state index contributed by atoms with van der Waals surface area (Å²) in [6.45, 7) is -0.0222. The van der Waals surface area contributed by atoms with Crippen molar-refractivity contribution in [1.82, 2.24) is 0 Å². The Morgan fingerprint density at radius 2 is 2.21 bits per heavy atom. The number of fused-ring (bicyclic) bond motifs is 1. The van der Waals surface area contributed by atoms with E-state index in [1.807, 2.05) is 0 Å². The van der Waals surface area contributed by atoms with Crippen LogP contribution < -0.4 is 5.73 Å². The lowest BCUT2D eigenvalue weighted by Crippen LogP contribution is -2.34. The quantitative estimate of drug-likeness (QED) is 0.734. The molecule has 1 nitrogen and oxygen atoms in total. The Labute approximate surface area is 81.9 Å². The van der Waals surface area contributed by atoms with Crippen LogP contribution in [0.1, 0.15) is 24.0 Å². The second-order valence-electron chi connectivity index (χ2n) is 3.82. The molecule has 0 saturated heterocycles. The third-order valence-electron chi connectivity index (χ3n) is 2.89. The molecule has 14 heavy (non-hydrogen) atoms. The van der Waals surface area contributed by atoms with Crippen LogP contribution in [0.2, 0.25) is 0 Å². The fourth-order valence-electron chi connectivity index (χ4n) is 2.11. The lowest BCUT2D eigenvalue weighted by atomic mass is 9.80. The summed E-state index contributed by atoms with van der Waals surface area (Å²) in [6.07, 6.45) is 1.94. The molecule has 0 fully saturated rings. The maximum Gasteiger partial charge on any atom is 0.148 e. The number of nitrogens with two attached hydrogens (primary N) is 1. The highest BCUT2D eigenvalue weighted by atomic mass is 19.1. The van der Waals surface area contributed by atoms with E-state index in [0.717, 1.165) is 18.4 Å². The maximum atomic E-state index is 14.2. The second kappa shape index (κ2) is 3.31. The van der Waals surface area contributed by atoms with Crippen molar-refractivity contribution in [3.05, 3.63) is 35.1 Å². The van der Waals surface area contributed by atoms with Gasteiger partial charge >= 0.3 is 0 Å². The third-order valence-corrected chi connectivity index (χ3v) is 2.89. The first kappa shape index (κ1) is 9.59. The highest BCUT2D eigenvalue weighted by molar-refractivity contribution is 5.35. The normalized spacial score (nSPS) is 25.9. The zero-order valence-corrected chi connectivity index (χ0v) is 7.89. The van der Waals surface area contributed by atoms with Gasteiger partial charge in [-0.1, -0.05) is 6.07 Å². The Balaban J connectivity index is 2.50. The largest absolute Gasteiger partial charge is 0.327 e. The summed E-state index contributed by atoms with van der Waals surface area (Å²) in [4.78, 5) is 0. The zero-order chi connectivity index (χ0) is 10.2. The number of hydrogen-bond acceptors (Lipinski definition) is 1. The van der Waals surface area contributed by atoms with Crippen molar-refractivity contribution in [2.45, 2.75) is 24.9 Å². The predicted molar refractivity (Wildman–Crippen MR) is 51.2 cm³/mol. The van der Waals surface area contributed by atoms with Crippen LogP contribution in [0, 0.1) is 5.82 Å². The molecule has 76 valence electrons. The average Bonchev–Trinajstić information content (AvgIpc) is 2.18. The summed E-state index contributed by atoms with van der Waals surface area (Å²) < 4.78 is 27.1. The van der Waals surface area contributed by atoms with Crippen LogP contribution in [0.5, 0.6) is 0 Å². The minimum atomic E-state index is -1.44. The summed E-state index contributed by atoms with van der Waals surface area (Å²) in [6, 6.07) is 4.24. The molecule has 2 N–H and O–H groups in total. The summed E-state index contributed by atoms with van der Waals surface area (Å²) in [5.41, 5.74) is 5.32. The molecule has 0 heterocycles. The molecule has 1 aromatic rings. The Bertz CT molecular complexity index is 351. The van der Waals surface area contributed by atoms with Crippen molar-refractivity contribution in [3.63, 3.8) is 0 Å². The summed E-state index contributed by atoms with van der Waals surface area (Å²) in [7, 11) is 0. The van der Waals surface area contributed by atoms with E-state index in [2.05, 4.69) is 0 Å². The van der Waals surface area contributed by atoms with Gasteiger partial charge in [-0.3, -0.25) is 0 Å². The standard InChI is InChI=1S/C11H13F2N/c12-9-3-4-10-8(6-9)2-1-5-11(10,13)7-14/h3-4,6H,1-2,5,7,14H2. The van der Waals surface area contributed by atoms with Gasteiger partial charge in [0.1, 0.15) is 11.5 Å². The summed E-state index contributed by atoms with van der Waals surface area (Å²) in [5.74, 6) is -0.301. The summed E-state index contributed by atoms with van der Waals surface area (Å²) >= 11 is 0. The molecule has 0 aliphatic heterocycles. The first-order valence-corrected chi connectivity index (χ1v) is 4.83. The van der Waals surface area contributed by atoms with Crippen LogP contribution in [0.15, 0.2) is 18.2 Å². The molecule has 1 atom stereocenters. The number of benzene rings is 1. The number of aryl methyl sites for hydroxylation is 1. The average molecular weight is 197 g/mol. The monoisotopic (exact) mass is 197 g/mol. The van der Waals surface area contributed by atoms with Gasteiger partial charge in [0.15, 0.2) is 0 Å². The van der Waals surface area contributed by atoms with Crippen molar-refractivity contribution >= 4 is 0 Å². The Morgan fingerprint density at radius 3 is 2.93 bits per heavy atom. The van der Waals surface area contributed by atoms with Gasteiger partial charge in [-0.15, -0.1) is 0 Å². The van der Waals surface area contributed by atoms with Crippen LogP contribution in [-0.4, -0.2) is 6.54 Å². The van der Waals surface area contributed by atoms with Crippen molar-refractivity contribution in [2.24, 2.45) is 5.73 Å². The number of alkyl halides is 1. The predicted octanol–water partition coefficient (Wildman–Crippen LogP) is 2.29. The molecule has 3 heteroatoms. The topological polar surface area (TPSA) is 26.0 Å². The van der Waals surface area contributed by atoms with E-state index < -0.39 is 5.67 Å². The van der Waals surface area contributed by atoms with Gasteiger partial charge in [0.2, 0.25) is 0 Å². The minimum absolute atomic E-state index is 0.0222. The fraction of sp³-hybridized carbons (Fsp3) is 0.455. The first-order chi connectivity index (χ1) is 6.65. The van der Waals surface area contributed by atoms with E-state index >= 15 is 0 Å². The van der Waals surface area contributed by atoms with E-state index in [0.29, 0.717) is 12.0 Å². The molecule has 1 aromatic carbocycles.